The number of aromatic nitrogens is 2. The first-order valence-electron chi connectivity index (χ1n) is 7.29. The van der Waals surface area contributed by atoms with Gasteiger partial charge in [0.1, 0.15) is 28.1 Å². The SMILES string of the molecule is Cc1nc(COc2ccc(Cl)cc2)sc1C(=O)Nc1ccc(Br)cn1. The highest BCUT2D eigenvalue weighted by atomic mass is 79.9. The molecule has 0 aliphatic carbocycles. The number of hydrogen-bond acceptors (Lipinski definition) is 5. The van der Waals surface area contributed by atoms with Crippen molar-refractivity contribution in [3.63, 3.8) is 0 Å². The zero-order chi connectivity index (χ0) is 17.8. The summed E-state index contributed by atoms with van der Waals surface area (Å²) in [5, 5.41) is 4.14. The molecule has 2 heterocycles. The second kappa shape index (κ2) is 7.95. The summed E-state index contributed by atoms with van der Waals surface area (Å²) >= 11 is 10.5. The quantitative estimate of drug-likeness (QED) is 0.602. The number of carbonyl (C=O) groups excluding carboxylic acids is 1. The molecule has 0 fully saturated rings. The van der Waals surface area contributed by atoms with E-state index in [2.05, 4.69) is 31.2 Å². The van der Waals surface area contributed by atoms with Gasteiger partial charge in [0.2, 0.25) is 0 Å². The summed E-state index contributed by atoms with van der Waals surface area (Å²) in [5.74, 6) is 0.949. The Morgan fingerprint density at radius 3 is 2.72 bits per heavy atom. The third-order valence-corrected chi connectivity index (χ3v) is 5.04. The molecule has 25 heavy (non-hydrogen) atoms. The fourth-order valence-electron chi connectivity index (χ4n) is 2.02. The molecule has 0 radical (unpaired) electrons. The van der Waals surface area contributed by atoms with Gasteiger partial charge in [0.25, 0.3) is 5.91 Å². The Morgan fingerprint density at radius 2 is 2.04 bits per heavy atom. The van der Waals surface area contributed by atoms with E-state index in [1.807, 2.05) is 6.07 Å². The number of hydrogen-bond donors (Lipinski definition) is 1. The van der Waals surface area contributed by atoms with Crippen molar-refractivity contribution in [2.75, 3.05) is 5.32 Å². The van der Waals surface area contributed by atoms with Crippen LogP contribution in [0.4, 0.5) is 5.82 Å². The van der Waals surface area contributed by atoms with Gasteiger partial charge in [-0.1, -0.05) is 11.6 Å². The number of amides is 1. The number of aryl methyl sites for hydroxylation is 1. The predicted molar refractivity (Wildman–Crippen MR) is 103 cm³/mol. The fourth-order valence-corrected chi connectivity index (χ4v) is 3.26. The number of pyridine rings is 1. The summed E-state index contributed by atoms with van der Waals surface area (Å²) < 4.78 is 6.51. The third-order valence-electron chi connectivity index (χ3n) is 3.19. The van der Waals surface area contributed by atoms with E-state index in [0.717, 1.165) is 9.48 Å². The largest absolute Gasteiger partial charge is 0.486 e. The van der Waals surface area contributed by atoms with Crippen molar-refractivity contribution in [2.45, 2.75) is 13.5 Å². The summed E-state index contributed by atoms with van der Waals surface area (Å²) in [6, 6.07) is 10.6. The summed E-state index contributed by atoms with van der Waals surface area (Å²) in [4.78, 5) is 21.5. The Labute approximate surface area is 162 Å². The fraction of sp³-hybridized carbons (Fsp3) is 0.118. The van der Waals surface area contributed by atoms with E-state index in [1.165, 1.54) is 11.3 Å². The lowest BCUT2D eigenvalue weighted by atomic mass is 10.3. The van der Waals surface area contributed by atoms with Gasteiger partial charge in [0.15, 0.2) is 0 Å². The van der Waals surface area contributed by atoms with E-state index in [1.54, 1.807) is 43.5 Å². The van der Waals surface area contributed by atoms with Crippen molar-refractivity contribution >= 4 is 50.6 Å². The van der Waals surface area contributed by atoms with Gasteiger partial charge in [-0.3, -0.25) is 4.79 Å². The molecule has 3 rings (SSSR count). The van der Waals surface area contributed by atoms with Crippen LogP contribution in [0.1, 0.15) is 20.4 Å². The molecule has 1 aromatic carbocycles. The van der Waals surface area contributed by atoms with Crippen LogP contribution in [0, 0.1) is 6.92 Å². The highest BCUT2D eigenvalue weighted by molar-refractivity contribution is 9.10. The molecule has 0 spiro atoms. The Balaban J connectivity index is 1.65. The molecule has 0 saturated heterocycles. The molecule has 2 aromatic heterocycles. The highest BCUT2D eigenvalue weighted by Gasteiger charge is 2.16. The van der Waals surface area contributed by atoms with E-state index in [4.69, 9.17) is 16.3 Å². The number of nitrogens with zero attached hydrogens (tertiary/aromatic N) is 2. The zero-order valence-corrected chi connectivity index (χ0v) is 16.3. The topological polar surface area (TPSA) is 64.1 Å². The van der Waals surface area contributed by atoms with Gasteiger partial charge in [0, 0.05) is 15.7 Å². The van der Waals surface area contributed by atoms with E-state index in [0.29, 0.717) is 27.2 Å². The maximum atomic E-state index is 12.4. The molecule has 0 saturated carbocycles. The van der Waals surface area contributed by atoms with Crippen LogP contribution in [-0.4, -0.2) is 15.9 Å². The van der Waals surface area contributed by atoms with Crippen LogP contribution in [0.2, 0.25) is 5.02 Å². The first kappa shape index (κ1) is 17.8. The molecule has 128 valence electrons. The molecule has 8 heteroatoms. The Bertz CT molecular complexity index is 882. The molecule has 1 N–H and O–H groups in total. The lowest BCUT2D eigenvalue weighted by molar-refractivity contribution is 0.102. The number of benzene rings is 1. The van der Waals surface area contributed by atoms with Gasteiger partial charge in [-0.2, -0.15) is 0 Å². The summed E-state index contributed by atoms with van der Waals surface area (Å²) in [5.41, 5.74) is 0.661. The summed E-state index contributed by atoms with van der Waals surface area (Å²) in [6.45, 7) is 2.09. The van der Waals surface area contributed by atoms with E-state index in [-0.39, 0.29) is 12.5 Å². The van der Waals surface area contributed by atoms with Crippen molar-refractivity contribution in [1.29, 1.82) is 0 Å². The lowest BCUT2D eigenvalue weighted by Crippen LogP contribution is -2.12. The lowest BCUT2D eigenvalue weighted by Gasteiger charge is -2.03. The van der Waals surface area contributed by atoms with Crippen molar-refractivity contribution in [3.8, 4) is 5.75 Å². The molecule has 3 aromatic rings. The molecule has 1 amide bonds. The predicted octanol–water partition coefficient (Wildman–Crippen LogP) is 5.09. The molecule has 0 atom stereocenters. The van der Waals surface area contributed by atoms with Crippen molar-refractivity contribution < 1.29 is 9.53 Å². The standard InChI is InChI=1S/C17H13BrClN3O2S/c1-10-16(17(23)22-14-7-2-11(18)8-20-14)25-15(21-10)9-24-13-5-3-12(19)4-6-13/h2-8H,9H2,1H3,(H,20,22,23). The van der Waals surface area contributed by atoms with Crippen LogP contribution in [0.3, 0.4) is 0 Å². The number of thiazole rings is 1. The van der Waals surface area contributed by atoms with Gasteiger partial charge in [0.05, 0.1) is 5.69 Å². The number of rotatable bonds is 5. The average Bonchev–Trinajstić information content (AvgIpc) is 2.97. The van der Waals surface area contributed by atoms with Gasteiger partial charge < -0.3 is 10.1 Å². The second-order valence-corrected chi connectivity index (χ2v) is 7.52. The molecular formula is C17H13BrClN3O2S. The zero-order valence-electron chi connectivity index (χ0n) is 13.1. The van der Waals surface area contributed by atoms with E-state index < -0.39 is 0 Å². The van der Waals surface area contributed by atoms with E-state index in [9.17, 15) is 4.79 Å². The van der Waals surface area contributed by atoms with Gasteiger partial charge >= 0.3 is 0 Å². The minimum atomic E-state index is -0.234. The van der Waals surface area contributed by atoms with Crippen LogP contribution in [0.25, 0.3) is 0 Å². The Kier molecular flexibility index (Phi) is 5.67. The van der Waals surface area contributed by atoms with Crippen LogP contribution < -0.4 is 10.1 Å². The minimum absolute atomic E-state index is 0.234. The number of ether oxygens (including phenoxy) is 1. The first-order chi connectivity index (χ1) is 12.0. The molecule has 0 aliphatic heterocycles. The molecule has 0 aliphatic rings. The highest BCUT2D eigenvalue weighted by Crippen LogP contribution is 2.22. The van der Waals surface area contributed by atoms with E-state index >= 15 is 0 Å². The second-order valence-electron chi connectivity index (χ2n) is 5.08. The molecule has 0 unspecified atom stereocenters. The minimum Gasteiger partial charge on any atom is -0.486 e. The van der Waals surface area contributed by atoms with Crippen LogP contribution in [-0.2, 0) is 6.61 Å². The molecular weight excluding hydrogens is 426 g/mol. The monoisotopic (exact) mass is 437 g/mol. The maximum Gasteiger partial charge on any atom is 0.268 e. The molecule has 5 nitrogen and oxygen atoms in total. The number of halogens is 2. The summed E-state index contributed by atoms with van der Waals surface area (Å²) in [7, 11) is 0. The van der Waals surface area contributed by atoms with Crippen molar-refractivity contribution in [3.05, 3.63) is 67.7 Å². The Morgan fingerprint density at radius 1 is 1.28 bits per heavy atom. The molecule has 0 bridgehead atoms. The number of anilines is 1. The smallest absolute Gasteiger partial charge is 0.268 e. The summed E-state index contributed by atoms with van der Waals surface area (Å²) in [6.07, 6.45) is 1.63. The first-order valence-corrected chi connectivity index (χ1v) is 9.27. The maximum absolute atomic E-state index is 12.4. The number of carbonyl (C=O) groups is 1. The van der Waals surface area contributed by atoms with Crippen LogP contribution >= 0.6 is 38.9 Å². The van der Waals surface area contributed by atoms with Gasteiger partial charge in [-0.25, -0.2) is 9.97 Å². The number of nitrogens with one attached hydrogen (secondary N) is 1. The average molecular weight is 439 g/mol. The normalized spacial score (nSPS) is 10.5. The van der Waals surface area contributed by atoms with Crippen molar-refractivity contribution in [2.24, 2.45) is 0 Å². The van der Waals surface area contributed by atoms with Crippen molar-refractivity contribution in [1.82, 2.24) is 9.97 Å². The third kappa shape index (κ3) is 4.78. The van der Waals surface area contributed by atoms with Crippen LogP contribution in [0.5, 0.6) is 5.75 Å². The van der Waals surface area contributed by atoms with Crippen LogP contribution in [0.15, 0.2) is 47.1 Å². The van der Waals surface area contributed by atoms with Gasteiger partial charge in [-0.15, -0.1) is 11.3 Å². The Hall–Kier alpha value is -1.96. The van der Waals surface area contributed by atoms with Gasteiger partial charge in [-0.05, 0) is 59.3 Å².